The van der Waals surface area contributed by atoms with Crippen molar-refractivity contribution in [2.24, 2.45) is 0 Å². The number of piperidine rings is 1. The second-order valence-electron chi connectivity index (χ2n) is 5.44. The van der Waals surface area contributed by atoms with Crippen LogP contribution in [0.4, 0.5) is 0 Å². The van der Waals surface area contributed by atoms with Gasteiger partial charge in [0.05, 0.1) is 6.10 Å². The van der Waals surface area contributed by atoms with E-state index < -0.39 is 0 Å². The topological polar surface area (TPSA) is 32.3 Å². The van der Waals surface area contributed by atoms with Gasteiger partial charge in [0.25, 0.3) is 0 Å². The smallest absolute Gasteiger partial charge is 0.0555 e. The van der Waals surface area contributed by atoms with Gasteiger partial charge in [-0.15, -0.1) is 0 Å². The van der Waals surface area contributed by atoms with E-state index in [0.29, 0.717) is 12.1 Å². The minimum Gasteiger partial charge on any atom is -0.393 e. The molecule has 18 heavy (non-hydrogen) atoms. The van der Waals surface area contributed by atoms with Crippen LogP contribution in [-0.2, 0) is 0 Å². The molecular formula is C16H25NO. The molecule has 0 bridgehead atoms. The normalized spacial score (nSPS) is 25.9. The number of hydrogen-bond donors (Lipinski definition) is 2. The Labute approximate surface area is 110 Å². The largest absolute Gasteiger partial charge is 0.393 e. The van der Waals surface area contributed by atoms with Crippen molar-refractivity contribution in [1.82, 2.24) is 5.32 Å². The lowest BCUT2D eigenvalue weighted by atomic mass is 9.90. The highest BCUT2D eigenvalue weighted by Crippen LogP contribution is 2.27. The lowest BCUT2D eigenvalue weighted by molar-refractivity contribution is 0.127. The van der Waals surface area contributed by atoms with Crippen molar-refractivity contribution in [3.8, 4) is 0 Å². The van der Waals surface area contributed by atoms with Crippen molar-refractivity contribution in [3.05, 3.63) is 35.9 Å². The highest BCUT2D eigenvalue weighted by molar-refractivity contribution is 5.19. The Bertz CT molecular complexity index is 338. The molecule has 2 nitrogen and oxygen atoms in total. The Hall–Kier alpha value is -0.860. The maximum absolute atomic E-state index is 9.92. The van der Waals surface area contributed by atoms with E-state index in [4.69, 9.17) is 0 Å². The Morgan fingerprint density at radius 2 is 2.06 bits per heavy atom. The summed E-state index contributed by atoms with van der Waals surface area (Å²) < 4.78 is 0. The standard InChI is InChI=1S/C16H25NO/c1-2-7-15(18)12-14-10-6-11-16(17-14)13-8-4-3-5-9-13/h3-5,8-9,14-18H,2,6-7,10-12H2,1H3/t14-,15+,16+/m0/s1. The van der Waals surface area contributed by atoms with Crippen LogP contribution in [0.25, 0.3) is 0 Å². The van der Waals surface area contributed by atoms with Crippen LogP contribution in [0.3, 0.4) is 0 Å². The number of aliphatic hydroxyl groups excluding tert-OH is 1. The molecule has 0 unspecified atom stereocenters. The SMILES string of the molecule is CCC[C@@H](O)C[C@@H]1CCC[C@H](c2ccccc2)N1. The van der Waals surface area contributed by atoms with Crippen LogP contribution in [-0.4, -0.2) is 17.3 Å². The van der Waals surface area contributed by atoms with Crippen LogP contribution in [0.5, 0.6) is 0 Å². The number of nitrogens with one attached hydrogen (secondary N) is 1. The van der Waals surface area contributed by atoms with Gasteiger partial charge in [-0.1, -0.05) is 50.1 Å². The summed E-state index contributed by atoms with van der Waals surface area (Å²) in [7, 11) is 0. The first-order chi connectivity index (χ1) is 8.79. The summed E-state index contributed by atoms with van der Waals surface area (Å²) in [6.07, 6.45) is 6.42. The van der Waals surface area contributed by atoms with Crippen molar-refractivity contribution in [2.45, 2.75) is 63.6 Å². The fraction of sp³-hybridized carbons (Fsp3) is 0.625. The van der Waals surface area contributed by atoms with Gasteiger partial charge in [0.15, 0.2) is 0 Å². The van der Waals surface area contributed by atoms with Crippen LogP contribution in [0, 0.1) is 0 Å². The number of hydrogen-bond acceptors (Lipinski definition) is 2. The molecule has 1 heterocycles. The highest BCUT2D eigenvalue weighted by Gasteiger charge is 2.23. The molecular weight excluding hydrogens is 222 g/mol. The number of benzene rings is 1. The van der Waals surface area contributed by atoms with E-state index in [9.17, 15) is 5.11 Å². The molecule has 100 valence electrons. The van der Waals surface area contributed by atoms with Crippen LogP contribution in [0.2, 0.25) is 0 Å². The molecule has 2 heteroatoms. The van der Waals surface area contributed by atoms with Gasteiger partial charge in [0.2, 0.25) is 0 Å². The Kier molecular flexibility index (Phi) is 5.21. The summed E-state index contributed by atoms with van der Waals surface area (Å²) in [4.78, 5) is 0. The summed E-state index contributed by atoms with van der Waals surface area (Å²) in [6, 6.07) is 11.6. The van der Waals surface area contributed by atoms with E-state index in [1.54, 1.807) is 0 Å². The molecule has 0 radical (unpaired) electrons. The molecule has 1 aromatic rings. The summed E-state index contributed by atoms with van der Waals surface area (Å²) in [6.45, 7) is 2.13. The van der Waals surface area contributed by atoms with Crippen LogP contribution in [0.15, 0.2) is 30.3 Å². The fourth-order valence-electron chi connectivity index (χ4n) is 2.93. The van der Waals surface area contributed by atoms with E-state index in [1.807, 2.05) is 0 Å². The first kappa shape index (κ1) is 13.6. The van der Waals surface area contributed by atoms with E-state index in [1.165, 1.54) is 24.8 Å². The van der Waals surface area contributed by atoms with Gasteiger partial charge in [-0.25, -0.2) is 0 Å². The van der Waals surface area contributed by atoms with Crippen molar-refractivity contribution in [2.75, 3.05) is 0 Å². The predicted octanol–water partition coefficient (Wildman–Crippen LogP) is 3.42. The second kappa shape index (κ2) is 6.91. The maximum Gasteiger partial charge on any atom is 0.0555 e. The van der Waals surface area contributed by atoms with Crippen molar-refractivity contribution >= 4 is 0 Å². The van der Waals surface area contributed by atoms with E-state index in [-0.39, 0.29) is 6.10 Å². The van der Waals surface area contributed by atoms with Crippen molar-refractivity contribution in [1.29, 1.82) is 0 Å². The number of aliphatic hydroxyl groups is 1. The van der Waals surface area contributed by atoms with Crippen LogP contribution >= 0.6 is 0 Å². The average molecular weight is 247 g/mol. The molecule has 1 aliphatic heterocycles. The molecule has 0 amide bonds. The summed E-state index contributed by atoms with van der Waals surface area (Å²) >= 11 is 0. The summed E-state index contributed by atoms with van der Waals surface area (Å²) in [5, 5.41) is 13.6. The zero-order valence-electron chi connectivity index (χ0n) is 11.3. The van der Waals surface area contributed by atoms with E-state index in [0.717, 1.165) is 19.3 Å². The lowest BCUT2D eigenvalue weighted by Crippen LogP contribution is -2.39. The first-order valence-electron chi connectivity index (χ1n) is 7.28. The lowest BCUT2D eigenvalue weighted by Gasteiger charge is -2.32. The van der Waals surface area contributed by atoms with Crippen molar-refractivity contribution in [3.63, 3.8) is 0 Å². The monoisotopic (exact) mass is 247 g/mol. The minimum absolute atomic E-state index is 0.137. The third kappa shape index (κ3) is 3.82. The maximum atomic E-state index is 9.92. The summed E-state index contributed by atoms with van der Waals surface area (Å²) in [5.41, 5.74) is 1.38. The fourth-order valence-corrected chi connectivity index (χ4v) is 2.93. The number of rotatable bonds is 5. The van der Waals surface area contributed by atoms with E-state index in [2.05, 4.69) is 42.6 Å². The molecule has 1 saturated heterocycles. The van der Waals surface area contributed by atoms with Gasteiger partial charge >= 0.3 is 0 Å². The first-order valence-corrected chi connectivity index (χ1v) is 7.28. The second-order valence-corrected chi connectivity index (χ2v) is 5.44. The third-order valence-corrected chi connectivity index (χ3v) is 3.86. The van der Waals surface area contributed by atoms with Gasteiger partial charge in [0, 0.05) is 12.1 Å². The molecule has 0 aliphatic carbocycles. The molecule has 1 aliphatic rings. The predicted molar refractivity (Wildman–Crippen MR) is 75.5 cm³/mol. The molecule has 0 spiro atoms. The molecule has 2 N–H and O–H groups in total. The zero-order chi connectivity index (χ0) is 12.8. The minimum atomic E-state index is -0.137. The average Bonchev–Trinajstić information content (AvgIpc) is 2.40. The van der Waals surface area contributed by atoms with Crippen LogP contribution in [0.1, 0.15) is 57.1 Å². The third-order valence-electron chi connectivity index (χ3n) is 3.86. The van der Waals surface area contributed by atoms with Crippen molar-refractivity contribution < 1.29 is 5.11 Å². The van der Waals surface area contributed by atoms with E-state index >= 15 is 0 Å². The molecule has 1 aromatic carbocycles. The van der Waals surface area contributed by atoms with Gasteiger partial charge < -0.3 is 10.4 Å². The Balaban J connectivity index is 1.89. The quantitative estimate of drug-likeness (QED) is 0.835. The Morgan fingerprint density at radius 3 is 2.78 bits per heavy atom. The molecule has 0 saturated carbocycles. The summed E-state index contributed by atoms with van der Waals surface area (Å²) in [5.74, 6) is 0. The van der Waals surface area contributed by atoms with Gasteiger partial charge in [-0.3, -0.25) is 0 Å². The molecule has 2 rings (SSSR count). The van der Waals surface area contributed by atoms with Gasteiger partial charge in [-0.05, 0) is 31.2 Å². The highest BCUT2D eigenvalue weighted by atomic mass is 16.3. The Morgan fingerprint density at radius 1 is 1.28 bits per heavy atom. The molecule has 3 atom stereocenters. The van der Waals surface area contributed by atoms with Crippen LogP contribution < -0.4 is 5.32 Å². The zero-order valence-corrected chi connectivity index (χ0v) is 11.3. The molecule has 0 aromatic heterocycles. The molecule has 1 fully saturated rings. The van der Waals surface area contributed by atoms with Gasteiger partial charge in [0.1, 0.15) is 0 Å². The van der Waals surface area contributed by atoms with Gasteiger partial charge in [-0.2, -0.15) is 0 Å².